The Morgan fingerprint density at radius 3 is 2.90 bits per heavy atom. The summed E-state index contributed by atoms with van der Waals surface area (Å²) < 4.78 is 5.28. The molecule has 0 fully saturated rings. The van der Waals surface area contributed by atoms with E-state index in [0.717, 1.165) is 0 Å². The highest BCUT2D eigenvalue weighted by molar-refractivity contribution is 5.92. The fourth-order valence-electron chi connectivity index (χ4n) is 1.94. The number of furan rings is 1. The highest BCUT2D eigenvalue weighted by Crippen LogP contribution is 2.14. The van der Waals surface area contributed by atoms with Gasteiger partial charge < -0.3 is 14.4 Å². The van der Waals surface area contributed by atoms with E-state index in [0.29, 0.717) is 18.7 Å². The van der Waals surface area contributed by atoms with Gasteiger partial charge in [0.2, 0.25) is 0 Å². The quantitative estimate of drug-likeness (QED) is 0.863. The highest BCUT2D eigenvalue weighted by Gasteiger charge is 2.25. The average molecular weight is 275 g/mol. The Morgan fingerprint density at radius 2 is 2.35 bits per heavy atom. The van der Waals surface area contributed by atoms with Crippen LogP contribution in [0.4, 0.5) is 0 Å². The summed E-state index contributed by atoms with van der Waals surface area (Å²) in [7, 11) is 0. The SMILES string of the molecule is CC[C@@H](CO)N(Cc1ccco1)C(=O)c1cnccn1. The van der Waals surface area contributed by atoms with Gasteiger partial charge in [0.05, 0.1) is 31.7 Å². The van der Waals surface area contributed by atoms with Crippen molar-refractivity contribution in [2.24, 2.45) is 0 Å². The van der Waals surface area contributed by atoms with Crippen LogP contribution >= 0.6 is 0 Å². The molecule has 0 saturated carbocycles. The first kappa shape index (κ1) is 14.2. The van der Waals surface area contributed by atoms with Crippen molar-refractivity contribution in [3.8, 4) is 0 Å². The minimum absolute atomic E-state index is 0.108. The van der Waals surface area contributed by atoms with Crippen molar-refractivity contribution < 1.29 is 14.3 Å². The molecule has 2 heterocycles. The molecule has 0 aromatic carbocycles. The number of amides is 1. The van der Waals surface area contributed by atoms with E-state index in [1.54, 1.807) is 23.3 Å². The van der Waals surface area contributed by atoms with Gasteiger partial charge in [-0.2, -0.15) is 0 Å². The van der Waals surface area contributed by atoms with Crippen molar-refractivity contribution in [2.75, 3.05) is 6.61 Å². The maximum atomic E-state index is 12.5. The van der Waals surface area contributed by atoms with Crippen LogP contribution in [0.5, 0.6) is 0 Å². The largest absolute Gasteiger partial charge is 0.467 e. The van der Waals surface area contributed by atoms with Crippen LogP contribution in [0.2, 0.25) is 0 Å². The Hall–Kier alpha value is -2.21. The molecule has 0 aliphatic rings. The number of aliphatic hydroxyl groups is 1. The van der Waals surface area contributed by atoms with Crippen LogP contribution in [0, 0.1) is 0 Å². The molecule has 0 saturated heterocycles. The molecule has 0 aliphatic carbocycles. The van der Waals surface area contributed by atoms with E-state index >= 15 is 0 Å². The van der Waals surface area contributed by atoms with Gasteiger partial charge in [0, 0.05) is 12.4 Å². The molecule has 0 radical (unpaired) electrons. The van der Waals surface area contributed by atoms with Crippen molar-refractivity contribution in [3.63, 3.8) is 0 Å². The zero-order chi connectivity index (χ0) is 14.4. The Morgan fingerprint density at radius 1 is 1.50 bits per heavy atom. The van der Waals surface area contributed by atoms with E-state index < -0.39 is 0 Å². The summed E-state index contributed by atoms with van der Waals surface area (Å²) in [6.07, 6.45) is 6.60. The molecule has 2 aromatic rings. The molecule has 0 unspecified atom stereocenters. The van der Waals surface area contributed by atoms with Crippen molar-refractivity contribution in [2.45, 2.75) is 25.9 Å². The number of carbonyl (C=O) groups is 1. The summed E-state index contributed by atoms with van der Waals surface area (Å²) >= 11 is 0. The number of nitrogens with zero attached hydrogens (tertiary/aromatic N) is 3. The predicted molar refractivity (Wildman–Crippen MR) is 71.8 cm³/mol. The van der Waals surface area contributed by atoms with Crippen LogP contribution in [-0.2, 0) is 6.54 Å². The van der Waals surface area contributed by atoms with Gasteiger partial charge in [-0.3, -0.25) is 9.78 Å². The van der Waals surface area contributed by atoms with Gasteiger partial charge in [0.15, 0.2) is 0 Å². The van der Waals surface area contributed by atoms with Crippen molar-refractivity contribution in [1.29, 1.82) is 0 Å². The lowest BCUT2D eigenvalue weighted by Gasteiger charge is -2.28. The number of hydrogen-bond donors (Lipinski definition) is 1. The maximum absolute atomic E-state index is 12.5. The summed E-state index contributed by atoms with van der Waals surface area (Å²) in [5.41, 5.74) is 0.256. The molecular weight excluding hydrogens is 258 g/mol. The second-order valence-corrected chi connectivity index (χ2v) is 4.35. The molecule has 6 heteroatoms. The minimum Gasteiger partial charge on any atom is -0.467 e. The fourth-order valence-corrected chi connectivity index (χ4v) is 1.94. The van der Waals surface area contributed by atoms with Gasteiger partial charge in [0.1, 0.15) is 11.5 Å². The third kappa shape index (κ3) is 3.21. The van der Waals surface area contributed by atoms with E-state index in [2.05, 4.69) is 9.97 Å². The summed E-state index contributed by atoms with van der Waals surface area (Å²) in [4.78, 5) is 22.0. The summed E-state index contributed by atoms with van der Waals surface area (Å²) in [5, 5.41) is 9.46. The molecular formula is C14H17N3O3. The summed E-state index contributed by atoms with van der Waals surface area (Å²) in [5.74, 6) is 0.393. The van der Waals surface area contributed by atoms with Gasteiger partial charge >= 0.3 is 0 Å². The van der Waals surface area contributed by atoms with Gasteiger partial charge in [-0.1, -0.05) is 6.92 Å². The zero-order valence-electron chi connectivity index (χ0n) is 11.3. The molecule has 0 bridgehead atoms. The lowest BCUT2D eigenvalue weighted by molar-refractivity contribution is 0.0538. The topological polar surface area (TPSA) is 79.5 Å². The standard InChI is InChI=1S/C14H17N3O3/c1-2-11(10-18)17(9-12-4-3-7-20-12)14(19)13-8-15-5-6-16-13/h3-8,11,18H,2,9-10H2,1H3/t11-/m0/s1. The molecule has 1 atom stereocenters. The number of aliphatic hydroxyl groups excluding tert-OH is 1. The first-order valence-corrected chi connectivity index (χ1v) is 6.46. The van der Waals surface area contributed by atoms with Crippen molar-refractivity contribution >= 4 is 5.91 Å². The van der Waals surface area contributed by atoms with Gasteiger partial charge in [-0.05, 0) is 18.6 Å². The van der Waals surface area contributed by atoms with Gasteiger partial charge in [-0.25, -0.2) is 4.98 Å². The highest BCUT2D eigenvalue weighted by atomic mass is 16.3. The van der Waals surface area contributed by atoms with E-state index in [-0.39, 0.29) is 24.2 Å². The monoisotopic (exact) mass is 275 g/mol. The maximum Gasteiger partial charge on any atom is 0.274 e. The number of aromatic nitrogens is 2. The Balaban J connectivity index is 2.23. The van der Waals surface area contributed by atoms with E-state index in [1.165, 1.54) is 18.6 Å². The van der Waals surface area contributed by atoms with Crippen LogP contribution < -0.4 is 0 Å². The smallest absolute Gasteiger partial charge is 0.274 e. The second-order valence-electron chi connectivity index (χ2n) is 4.35. The molecule has 20 heavy (non-hydrogen) atoms. The number of rotatable bonds is 6. The molecule has 6 nitrogen and oxygen atoms in total. The Labute approximate surface area is 117 Å². The second kappa shape index (κ2) is 6.81. The molecule has 2 rings (SSSR count). The normalized spacial score (nSPS) is 12.1. The first-order valence-electron chi connectivity index (χ1n) is 6.46. The molecule has 106 valence electrons. The van der Waals surface area contributed by atoms with E-state index in [4.69, 9.17) is 4.42 Å². The number of carbonyl (C=O) groups excluding carboxylic acids is 1. The van der Waals surface area contributed by atoms with Gasteiger partial charge in [0.25, 0.3) is 5.91 Å². The fraction of sp³-hybridized carbons (Fsp3) is 0.357. The molecule has 0 spiro atoms. The van der Waals surface area contributed by atoms with E-state index in [1.807, 2.05) is 6.92 Å². The third-order valence-electron chi connectivity index (χ3n) is 3.07. The van der Waals surface area contributed by atoms with Crippen LogP contribution in [0.15, 0.2) is 41.4 Å². The average Bonchev–Trinajstić information content (AvgIpc) is 3.00. The zero-order valence-corrected chi connectivity index (χ0v) is 11.3. The van der Waals surface area contributed by atoms with Crippen LogP contribution in [0.25, 0.3) is 0 Å². The van der Waals surface area contributed by atoms with Crippen molar-refractivity contribution in [3.05, 3.63) is 48.4 Å². The lowest BCUT2D eigenvalue weighted by atomic mass is 10.1. The summed E-state index contributed by atoms with van der Waals surface area (Å²) in [6.45, 7) is 2.10. The van der Waals surface area contributed by atoms with Crippen LogP contribution in [0.3, 0.4) is 0 Å². The number of hydrogen-bond acceptors (Lipinski definition) is 5. The Kier molecular flexibility index (Phi) is 4.84. The van der Waals surface area contributed by atoms with Gasteiger partial charge in [-0.15, -0.1) is 0 Å². The predicted octanol–water partition coefficient (Wildman–Crippen LogP) is 1.48. The summed E-state index contributed by atoms with van der Waals surface area (Å²) in [6, 6.07) is 3.27. The Bertz CT molecular complexity index is 524. The minimum atomic E-state index is -0.283. The molecule has 1 amide bonds. The first-order chi connectivity index (χ1) is 9.76. The van der Waals surface area contributed by atoms with Crippen LogP contribution in [-0.4, -0.2) is 38.5 Å². The lowest BCUT2D eigenvalue weighted by Crippen LogP contribution is -2.42. The van der Waals surface area contributed by atoms with E-state index in [9.17, 15) is 9.90 Å². The molecule has 0 aliphatic heterocycles. The third-order valence-corrected chi connectivity index (χ3v) is 3.07. The molecule has 2 aromatic heterocycles. The van der Waals surface area contributed by atoms with Crippen LogP contribution in [0.1, 0.15) is 29.6 Å². The molecule has 1 N–H and O–H groups in total. The van der Waals surface area contributed by atoms with Crippen molar-refractivity contribution in [1.82, 2.24) is 14.9 Å².